The van der Waals surface area contributed by atoms with E-state index in [1.807, 2.05) is 7.11 Å². The molecule has 35 heavy (non-hydrogen) atoms. The van der Waals surface area contributed by atoms with Gasteiger partial charge in [0.1, 0.15) is 5.75 Å². The average Bonchev–Trinajstić information content (AvgIpc) is 3.58. The molecule has 4 heterocycles. The van der Waals surface area contributed by atoms with Gasteiger partial charge in [-0.3, -0.25) is 0 Å². The van der Waals surface area contributed by atoms with Crippen molar-refractivity contribution < 1.29 is 14.2 Å². The third-order valence-electron chi connectivity index (χ3n) is 9.11. The lowest BCUT2D eigenvalue weighted by molar-refractivity contribution is 0.174. The Morgan fingerprint density at radius 1 is 0.943 bits per heavy atom. The zero-order chi connectivity index (χ0) is 23.5. The summed E-state index contributed by atoms with van der Waals surface area (Å²) in [6, 6.07) is 9.34. The number of methoxy groups -OCH3 is 1. The Hall–Kier alpha value is -2.82. The van der Waals surface area contributed by atoms with E-state index in [-0.39, 0.29) is 0 Å². The summed E-state index contributed by atoms with van der Waals surface area (Å²) in [6.07, 6.45) is 11.3. The average molecular weight is 473 g/mol. The fraction of sp³-hybridized carbons (Fsp3) is 0.533. The van der Waals surface area contributed by atoms with Gasteiger partial charge in [-0.05, 0) is 79.3 Å². The highest BCUT2D eigenvalue weighted by Gasteiger charge is 2.41. The third kappa shape index (κ3) is 3.41. The van der Waals surface area contributed by atoms with Crippen molar-refractivity contribution in [3.8, 4) is 17.2 Å². The number of hydrogen-bond acceptors (Lipinski definition) is 5. The minimum Gasteiger partial charge on any atom is -0.495 e. The zero-order valence-electron chi connectivity index (χ0n) is 21.0. The number of benzene rings is 2. The van der Waals surface area contributed by atoms with E-state index in [9.17, 15) is 0 Å². The first kappa shape index (κ1) is 21.5. The van der Waals surface area contributed by atoms with Crippen LogP contribution in [0.4, 0.5) is 5.69 Å². The van der Waals surface area contributed by atoms with E-state index in [0.717, 1.165) is 49.2 Å². The topological polar surface area (TPSA) is 34.2 Å². The van der Waals surface area contributed by atoms with E-state index in [1.165, 1.54) is 72.2 Å². The molecule has 7 rings (SSSR count). The van der Waals surface area contributed by atoms with Crippen molar-refractivity contribution in [1.29, 1.82) is 0 Å². The van der Waals surface area contributed by atoms with Gasteiger partial charge in [0.25, 0.3) is 0 Å². The van der Waals surface area contributed by atoms with Crippen LogP contribution in [0.25, 0.3) is 11.8 Å². The Morgan fingerprint density at radius 2 is 1.71 bits per heavy atom. The lowest BCUT2D eigenvalue weighted by Crippen LogP contribution is -2.41. The van der Waals surface area contributed by atoms with Gasteiger partial charge in [-0.1, -0.05) is 25.8 Å². The van der Waals surface area contributed by atoms with Crippen LogP contribution in [-0.2, 0) is 6.42 Å². The molecule has 1 aliphatic carbocycles. The van der Waals surface area contributed by atoms with Gasteiger partial charge >= 0.3 is 0 Å². The summed E-state index contributed by atoms with van der Waals surface area (Å²) in [4.78, 5) is 5.37. The van der Waals surface area contributed by atoms with Gasteiger partial charge in [-0.25, -0.2) is 0 Å². The van der Waals surface area contributed by atoms with Crippen molar-refractivity contribution >= 4 is 17.5 Å². The maximum absolute atomic E-state index is 6.03. The molecule has 1 saturated heterocycles. The summed E-state index contributed by atoms with van der Waals surface area (Å²) in [5.74, 6) is 4.31. The van der Waals surface area contributed by atoms with Crippen LogP contribution in [0.1, 0.15) is 73.7 Å². The number of rotatable bonds is 3. The number of nitrogens with zero attached hydrogens (tertiary/aromatic N) is 2. The van der Waals surface area contributed by atoms with Crippen LogP contribution in [0, 0.1) is 11.8 Å². The molecule has 2 aromatic rings. The third-order valence-corrected chi connectivity index (χ3v) is 9.11. The Bertz CT molecular complexity index is 1170. The molecular weight excluding hydrogens is 436 g/mol. The van der Waals surface area contributed by atoms with Crippen LogP contribution in [0.3, 0.4) is 0 Å². The minimum absolute atomic E-state index is 0.326. The second kappa shape index (κ2) is 8.39. The molecule has 0 radical (unpaired) electrons. The summed E-state index contributed by atoms with van der Waals surface area (Å²) >= 11 is 0. The molecule has 5 nitrogen and oxygen atoms in total. The van der Waals surface area contributed by atoms with Crippen LogP contribution in [-0.4, -0.2) is 38.4 Å². The van der Waals surface area contributed by atoms with Gasteiger partial charge in [0.15, 0.2) is 11.5 Å². The SMILES string of the molecule is COc1ccc2c(c1N1CCC(C)CC1)[C@H](C1CCCC1)N1CCc3cc4c(cc3C1=C2)OCO4. The molecule has 0 unspecified atom stereocenters. The normalized spacial score (nSPS) is 23.6. The van der Waals surface area contributed by atoms with Crippen LogP contribution in [0.5, 0.6) is 17.2 Å². The maximum atomic E-state index is 6.03. The monoisotopic (exact) mass is 472 g/mol. The Morgan fingerprint density at radius 3 is 2.49 bits per heavy atom. The van der Waals surface area contributed by atoms with Gasteiger partial charge in [-0.2, -0.15) is 0 Å². The van der Waals surface area contributed by atoms with Crippen molar-refractivity contribution in [3.63, 3.8) is 0 Å². The highest BCUT2D eigenvalue weighted by molar-refractivity contribution is 5.89. The van der Waals surface area contributed by atoms with E-state index in [4.69, 9.17) is 14.2 Å². The van der Waals surface area contributed by atoms with Crippen LogP contribution < -0.4 is 19.1 Å². The van der Waals surface area contributed by atoms with Crippen LogP contribution in [0.2, 0.25) is 0 Å². The summed E-state index contributed by atoms with van der Waals surface area (Å²) in [5.41, 5.74) is 8.30. The van der Waals surface area contributed by atoms with Crippen molar-refractivity contribution in [3.05, 3.63) is 46.5 Å². The molecule has 2 aromatic carbocycles. The second-order valence-corrected chi connectivity index (χ2v) is 11.1. The summed E-state index contributed by atoms with van der Waals surface area (Å²) in [6.45, 7) is 6.00. The predicted octanol–water partition coefficient (Wildman–Crippen LogP) is 6.26. The second-order valence-electron chi connectivity index (χ2n) is 11.1. The Balaban J connectivity index is 1.41. The van der Waals surface area contributed by atoms with Crippen molar-refractivity contribution in [2.24, 2.45) is 11.8 Å². The van der Waals surface area contributed by atoms with Crippen molar-refractivity contribution in [1.82, 2.24) is 4.90 Å². The number of piperidine rings is 1. The fourth-order valence-electron chi connectivity index (χ4n) is 7.22. The zero-order valence-corrected chi connectivity index (χ0v) is 21.0. The van der Waals surface area contributed by atoms with E-state index < -0.39 is 0 Å². The van der Waals surface area contributed by atoms with Crippen molar-refractivity contribution in [2.75, 3.05) is 38.4 Å². The van der Waals surface area contributed by atoms with E-state index in [1.54, 1.807) is 0 Å². The predicted molar refractivity (Wildman–Crippen MR) is 139 cm³/mol. The summed E-state index contributed by atoms with van der Waals surface area (Å²) < 4.78 is 17.5. The largest absolute Gasteiger partial charge is 0.495 e. The molecule has 1 atom stereocenters. The lowest BCUT2D eigenvalue weighted by Gasteiger charge is -2.47. The molecule has 2 fully saturated rings. The number of fused-ring (bicyclic) bond motifs is 5. The van der Waals surface area contributed by atoms with Gasteiger partial charge in [0.2, 0.25) is 6.79 Å². The minimum atomic E-state index is 0.326. The summed E-state index contributed by atoms with van der Waals surface area (Å²) in [7, 11) is 1.84. The highest BCUT2D eigenvalue weighted by Crippen LogP contribution is 2.54. The molecule has 184 valence electrons. The molecule has 0 bridgehead atoms. The first-order valence-corrected chi connectivity index (χ1v) is 13.6. The fourth-order valence-corrected chi connectivity index (χ4v) is 7.22. The van der Waals surface area contributed by atoms with Gasteiger partial charge < -0.3 is 24.0 Å². The number of anilines is 1. The molecular formula is C30H36N2O3. The molecule has 4 aliphatic heterocycles. The molecule has 1 saturated carbocycles. The van der Waals surface area contributed by atoms with E-state index in [0.29, 0.717) is 18.8 Å². The molecule has 0 N–H and O–H groups in total. The van der Waals surface area contributed by atoms with Crippen LogP contribution in [0.15, 0.2) is 24.3 Å². The van der Waals surface area contributed by atoms with Gasteiger partial charge in [0.05, 0.1) is 18.8 Å². The molecule has 5 aliphatic rings. The standard InChI is InChI=1S/C30H36N2O3/c1-19-9-12-31(13-10-19)30-25(33-2)8-7-22-15-24-23-17-27-26(34-18-35-27)16-21(23)11-14-32(24)29(28(22)30)20-5-3-4-6-20/h7-8,15-17,19-20,29H,3-6,9-14,18H2,1-2H3/t29-/m0/s1. The molecule has 0 amide bonds. The first-order valence-electron chi connectivity index (χ1n) is 13.6. The smallest absolute Gasteiger partial charge is 0.231 e. The Kier molecular flexibility index (Phi) is 5.14. The lowest BCUT2D eigenvalue weighted by atomic mass is 9.79. The molecule has 0 aromatic heterocycles. The van der Waals surface area contributed by atoms with Crippen LogP contribution >= 0.6 is 0 Å². The molecule has 5 heteroatoms. The summed E-state index contributed by atoms with van der Waals surface area (Å²) in [5, 5.41) is 0. The van der Waals surface area contributed by atoms with Gasteiger partial charge in [-0.15, -0.1) is 0 Å². The van der Waals surface area contributed by atoms with Crippen molar-refractivity contribution in [2.45, 2.75) is 57.9 Å². The quantitative estimate of drug-likeness (QED) is 0.527. The van der Waals surface area contributed by atoms with E-state index in [2.05, 4.69) is 47.1 Å². The number of ether oxygens (including phenoxy) is 3. The maximum Gasteiger partial charge on any atom is 0.231 e. The first-order chi connectivity index (χ1) is 17.2. The number of hydrogen-bond donors (Lipinski definition) is 0. The van der Waals surface area contributed by atoms with E-state index >= 15 is 0 Å². The molecule has 0 spiro atoms. The highest BCUT2D eigenvalue weighted by atomic mass is 16.7. The Labute approximate surface area is 208 Å². The van der Waals surface area contributed by atoms with Gasteiger partial charge in [0, 0.05) is 36.5 Å².